The van der Waals surface area contributed by atoms with Crippen LogP contribution in [0, 0.1) is 0 Å². The van der Waals surface area contributed by atoms with Gasteiger partial charge in [0.25, 0.3) is 0 Å². The van der Waals surface area contributed by atoms with Gasteiger partial charge < -0.3 is 12.6 Å². The van der Waals surface area contributed by atoms with Crippen molar-refractivity contribution in [1.82, 2.24) is 0 Å². The van der Waals surface area contributed by atoms with Gasteiger partial charge in [-0.15, -0.1) is 0 Å². The van der Waals surface area contributed by atoms with Crippen LogP contribution in [0.3, 0.4) is 0 Å². The summed E-state index contributed by atoms with van der Waals surface area (Å²) in [5, 5.41) is 1.21. The fourth-order valence-corrected chi connectivity index (χ4v) is 1.03. The molecule has 0 N–H and O–H groups in total. The average molecular weight is 201 g/mol. The van der Waals surface area contributed by atoms with Gasteiger partial charge in [0.1, 0.15) is 0 Å². The molecule has 0 spiro atoms. The van der Waals surface area contributed by atoms with E-state index in [4.69, 9.17) is 35.8 Å². The van der Waals surface area contributed by atoms with Gasteiger partial charge in [0, 0.05) is 10.0 Å². The Labute approximate surface area is 97.6 Å². The third-order valence-corrected chi connectivity index (χ3v) is 1.91. The van der Waals surface area contributed by atoms with Crippen LogP contribution in [0.15, 0.2) is 23.1 Å². The van der Waals surface area contributed by atoms with Gasteiger partial charge in [0.2, 0.25) is 0 Å². The quantitative estimate of drug-likeness (QED) is 0.417. The molecule has 0 amide bonds. The van der Waals surface area contributed by atoms with Crippen molar-refractivity contribution in [2.24, 2.45) is 0 Å². The minimum Gasteiger partial charge on any atom is -0.778 e. The molecule has 10 heavy (non-hydrogen) atoms. The number of rotatable bonds is 0. The van der Waals surface area contributed by atoms with Crippen LogP contribution >= 0.6 is 23.2 Å². The zero-order valence-corrected chi connectivity index (χ0v) is 9.72. The van der Waals surface area contributed by atoms with E-state index in [0.29, 0.717) is 14.9 Å². The van der Waals surface area contributed by atoms with E-state index < -0.39 is 0 Å². The van der Waals surface area contributed by atoms with Gasteiger partial charge in [0.05, 0.1) is 0 Å². The van der Waals surface area contributed by atoms with Gasteiger partial charge in [-0.3, -0.25) is 0 Å². The molecule has 0 heterocycles. The minimum absolute atomic E-state index is 0. The van der Waals surface area contributed by atoms with Gasteiger partial charge >= 0.3 is 29.6 Å². The van der Waals surface area contributed by atoms with E-state index in [9.17, 15) is 0 Å². The summed E-state index contributed by atoms with van der Waals surface area (Å²) in [5.41, 5.74) is 0. The molecule has 0 aliphatic rings. The monoisotopic (exact) mass is 200 g/mol. The van der Waals surface area contributed by atoms with Crippen molar-refractivity contribution < 1.29 is 29.6 Å². The van der Waals surface area contributed by atoms with E-state index in [1.807, 2.05) is 0 Å². The van der Waals surface area contributed by atoms with Gasteiger partial charge in [-0.2, -0.15) is 4.90 Å². The Morgan fingerprint density at radius 1 is 1.20 bits per heavy atom. The Kier molecular flexibility index (Phi) is 5.30. The maximum Gasteiger partial charge on any atom is 1.00 e. The van der Waals surface area contributed by atoms with E-state index in [0.717, 1.165) is 0 Å². The van der Waals surface area contributed by atoms with E-state index >= 15 is 0 Å². The van der Waals surface area contributed by atoms with E-state index in [1.54, 1.807) is 18.2 Å². The molecule has 0 radical (unpaired) electrons. The molecule has 1 aromatic rings. The van der Waals surface area contributed by atoms with Gasteiger partial charge in [-0.25, -0.2) is 0 Å². The van der Waals surface area contributed by atoms with Gasteiger partial charge in [-0.1, -0.05) is 29.3 Å². The predicted molar refractivity (Wildman–Crippen MR) is 42.1 cm³/mol. The SMILES string of the molecule is [Na+].[S-]c1cc(Cl)ccc1Cl. The second-order valence-corrected chi connectivity index (χ2v) is 2.86. The van der Waals surface area contributed by atoms with Crippen molar-refractivity contribution in [3.8, 4) is 0 Å². The zero-order chi connectivity index (χ0) is 6.85. The predicted octanol–water partition coefficient (Wildman–Crippen LogP) is -0.0968. The van der Waals surface area contributed by atoms with E-state index in [-0.39, 0.29) is 29.6 Å². The first-order valence-electron chi connectivity index (χ1n) is 2.32. The largest absolute Gasteiger partial charge is 1.00 e. The Bertz CT molecular complexity index is 227. The second kappa shape index (κ2) is 4.81. The maximum absolute atomic E-state index is 5.62. The molecule has 48 valence electrons. The summed E-state index contributed by atoms with van der Waals surface area (Å²) in [6, 6.07) is 5.05. The Morgan fingerprint density at radius 2 is 1.80 bits per heavy atom. The zero-order valence-electron chi connectivity index (χ0n) is 5.40. The molecule has 0 saturated carbocycles. The third-order valence-electron chi connectivity index (χ3n) is 0.893. The average Bonchev–Trinajstić information content (AvgIpc) is 1.80. The summed E-state index contributed by atoms with van der Waals surface area (Å²) in [7, 11) is 0. The summed E-state index contributed by atoms with van der Waals surface area (Å²) in [4.78, 5) is 0.601. The Hall–Kier alpha value is 1.02. The standard InChI is InChI=1S/C6H4Cl2S.Na/c7-4-1-2-5(8)6(9)3-4;/h1-3,9H;/q;+1/p-1. The van der Waals surface area contributed by atoms with Gasteiger partial charge in [-0.05, 0) is 12.1 Å². The maximum atomic E-state index is 5.62. The Balaban J connectivity index is 0.000000810. The van der Waals surface area contributed by atoms with Crippen LogP contribution in [0.1, 0.15) is 0 Å². The molecule has 0 unspecified atom stereocenters. The summed E-state index contributed by atoms with van der Waals surface area (Å²) < 4.78 is 0. The van der Waals surface area contributed by atoms with Crippen LogP contribution < -0.4 is 29.6 Å². The van der Waals surface area contributed by atoms with Crippen molar-refractivity contribution >= 4 is 35.8 Å². The molecular formula is C6H3Cl2NaS. The first kappa shape index (κ1) is 11.0. The first-order chi connectivity index (χ1) is 4.20. The fourth-order valence-electron chi connectivity index (χ4n) is 0.477. The number of halogens is 2. The molecule has 1 aromatic carbocycles. The first-order valence-corrected chi connectivity index (χ1v) is 3.48. The summed E-state index contributed by atoms with van der Waals surface area (Å²) in [6.07, 6.45) is 0. The van der Waals surface area contributed by atoms with Crippen molar-refractivity contribution in [2.75, 3.05) is 0 Å². The molecule has 4 heteroatoms. The molecule has 0 atom stereocenters. The van der Waals surface area contributed by atoms with Gasteiger partial charge in [0.15, 0.2) is 0 Å². The van der Waals surface area contributed by atoms with Crippen molar-refractivity contribution in [3.63, 3.8) is 0 Å². The van der Waals surface area contributed by atoms with Crippen LogP contribution in [0.5, 0.6) is 0 Å². The molecule has 0 nitrogen and oxygen atoms in total. The van der Waals surface area contributed by atoms with Crippen molar-refractivity contribution in [2.45, 2.75) is 4.90 Å². The molecule has 0 saturated heterocycles. The number of hydrogen-bond donors (Lipinski definition) is 0. The van der Waals surface area contributed by atoms with Crippen LogP contribution in [-0.4, -0.2) is 0 Å². The molecule has 0 bridgehead atoms. The molecule has 0 aliphatic carbocycles. The minimum atomic E-state index is 0. The van der Waals surface area contributed by atoms with Crippen LogP contribution in [0.25, 0.3) is 0 Å². The van der Waals surface area contributed by atoms with Crippen molar-refractivity contribution in [1.29, 1.82) is 0 Å². The third kappa shape index (κ3) is 2.95. The topological polar surface area (TPSA) is 0 Å². The fraction of sp³-hybridized carbons (Fsp3) is 0. The van der Waals surface area contributed by atoms with E-state index in [2.05, 4.69) is 0 Å². The number of benzene rings is 1. The molecular weight excluding hydrogens is 198 g/mol. The smallest absolute Gasteiger partial charge is 0.778 e. The molecule has 0 fully saturated rings. The van der Waals surface area contributed by atoms with Crippen molar-refractivity contribution in [3.05, 3.63) is 28.2 Å². The second-order valence-electron chi connectivity index (χ2n) is 1.57. The van der Waals surface area contributed by atoms with E-state index in [1.165, 1.54) is 0 Å². The molecule has 1 rings (SSSR count). The normalized spacial score (nSPS) is 8.60. The van der Waals surface area contributed by atoms with Crippen LogP contribution in [-0.2, 0) is 12.6 Å². The Morgan fingerprint density at radius 3 is 2.20 bits per heavy atom. The molecule has 0 aliphatic heterocycles. The summed E-state index contributed by atoms with van der Waals surface area (Å²) in [6.45, 7) is 0. The van der Waals surface area contributed by atoms with Crippen LogP contribution in [0.4, 0.5) is 0 Å². The van der Waals surface area contributed by atoms with Crippen LogP contribution in [0.2, 0.25) is 10.0 Å². The summed E-state index contributed by atoms with van der Waals surface area (Å²) >= 11 is 16.0. The molecule has 0 aromatic heterocycles. The summed E-state index contributed by atoms with van der Waals surface area (Å²) in [5.74, 6) is 0. The number of hydrogen-bond acceptors (Lipinski definition) is 1.